The van der Waals surface area contributed by atoms with Crippen molar-refractivity contribution in [1.82, 2.24) is 0 Å². The Balaban J connectivity index is 2.21. The Labute approximate surface area is 130 Å². The third-order valence-electron chi connectivity index (χ3n) is 4.99. The van der Waals surface area contributed by atoms with E-state index >= 15 is 0 Å². The molecule has 2 rings (SSSR count). The number of hydrogen-bond donors (Lipinski definition) is 1. The van der Waals surface area contributed by atoms with Crippen molar-refractivity contribution in [3.63, 3.8) is 0 Å². The molecule has 1 aliphatic rings. The molecule has 0 unspecified atom stereocenters. The number of nitrogens with two attached hydrogens (primary N) is 1. The summed E-state index contributed by atoms with van der Waals surface area (Å²) < 4.78 is 0. The molecule has 2 N–H and O–H groups in total. The van der Waals surface area contributed by atoms with Gasteiger partial charge in [0.2, 0.25) is 0 Å². The molecule has 1 aromatic carbocycles. The largest absolute Gasteiger partial charge is 0.330 e. The van der Waals surface area contributed by atoms with Crippen molar-refractivity contribution < 1.29 is 4.92 Å². The zero-order valence-electron chi connectivity index (χ0n) is 12.5. The summed E-state index contributed by atoms with van der Waals surface area (Å²) in [5, 5.41) is 11.6. The Hall–Kier alpha value is -1.13. The standard InChI is InChI=1S/C16H23ClN2O2/c1-2-12-5-7-16(11-18,8-6-12)10-13-3-4-14(17)9-15(13)19(20)21/h3-4,9,12H,2,5-8,10-11,18H2,1H3. The molecule has 1 saturated carbocycles. The average Bonchev–Trinajstić information content (AvgIpc) is 2.49. The number of benzene rings is 1. The van der Waals surface area contributed by atoms with Gasteiger partial charge in [0.05, 0.1) is 4.92 Å². The molecular weight excluding hydrogens is 288 g/mol. The number of halogens is 1. The third kappa shape index (κ3) is 3.74. The number of hydrogen-bond acceptors (Lipinski definition) is 3. The van der Waals surface area contributed by atoms with Gasteiger partial charge in [0, 0.05) is 16.7 Å². The maximum absolute atomic E-state index is 11.2. The highest BCUT2D eigenvalue weighted by atomic mass is 35.5. The first-order chi connectivity index (χ1) is 9.99. The molecule has 0 amide bonds. The van der Waals surface area contributed by atoms with E-state index in [4.69, 9.17) is 17.3 Å². The minimum atomic E-state index is -0.344. The van der Waals surface area contributed by atoms with Crippen molar-refractivity contribution in [1.29, 1.82) is 0 Å². The van der Waals surface area contributed by atoms with Gasteiger partial charge in [0.1, 0.15) is 0 Å². The SMILES string of the molecule is CCC1CCC(CN)(Cc2ccc(Cl)cc2[N+](=O)[O-])CC1. The lowest BCUT2D eigenvalue weighted by Gasteiger charge is -2.39. The van der Waals surface area contributed by atoms with Crippen LogP contribution in [0.5, 0.6) is 0 Å². The second-order valence-corrected chi connectivity index (χ2v) is 6.70. The fourth-order valence-corrected chi connectivity index (χ4v) is 3.58. The van der Waals surface area contributed by atoms with Crippen molar-refractivity contribution in [3.05, 3.63) is 38.9 Å². The quantitative estimate of drug-likeness (QED) is 0.650. The van der Waals surface area contributed by atoms with Gasteiger partial charge in [-0.15, -0.1) is 0 Å². The number of nitrogens with zero attached hydrogens (tertiary/aromatic N) is 1. The summed E-state index contributed by atoms with van der Waals surface area (Å²) >= 11 is 5.88. The van der Waals surface area contributed by atoms with Crippen LogP contribution in [0.15, 0.2) is 18.2 Å². The molecule has 0 spiro atoms. The van der Waals surface area contributed by atoms with Crippen LogP contribution in [-0.2, 0) is 6.42 Å². The van der Waals surface area contributed by atoms with E-state index < -0.39 is 0 Å². The summed E-state index contributed by atoms with van der Waals surface area (Å²) in [5.41, 5.74) is 6.91. The number of nitro benzene ring substituents is 1. The first kappa shape index (κ1) is 16.2. The summed E-state index contributed by atoms with van der Waals surface area (Å²) in [6.45, 7) is 2.81. The summed E-state index contributed by atoms with van der Waals surface area (Å²) in [5.74, 6) is 0.782. The van der Waals surface area contributed by atoms with Gasteiger partial charge in [-0.3, -0.25) is 10.1 Å². The minimum absolute atomic E-state index is 0.00423. The maximum Gasteiger partial charge on any atom is 0.274 e. The maximum atomic E-state index is 11.2. The van der Waals surface area contributed by atoms with Crippen molar-refractivity contribution in [2.75, 3.05) is 6.54 Å². The van der Waals surface area contributed by atoms with Gasteiger partial charge in [-0.1, -0.05) is 31.0 Å². The normalized spacial score (nSPS) is 25.8. The van der Waals surface area contributed by atoms with Crippen LogP contribution in [0, 0.1) is 21.4 Å². The molecule has 0 aliphatic heterocycles. The molecule has 0 bridgehead atoms. The zero-order chi connectivity index (χ0) is 15.5. The molecule has 21 heavy (non-hydrogen) atoms. The molecule has 1 aliphatic carbocycles. The summed E-state index contributed by atoms with van der Waals surface area (Å²) in [6.07, 6.45) is 6.35. The molecule has 0 atom stereocenters. The van der Waals surface area contributed by atoms with Gasteiger partial charge >= 0.3 is 0 Å². The third-order valence-corrected chi connectivity index (χ3v) is 5.22. The van der Waals surface area contributed by atoms with E-state index in [9.17, 15) is 10.1 Å². The first-order valence-corrected chi connectivity index (χ1v) is 8.00. The summed E-state index contributed by atoms with van der Waals surface area (Å²) in [6, 6.07) is 4.95. The smallest absolute Gasteiger partial charge is 0.274 e. The topological polar surface area (TPSA) is 69.2 Å². The fraction of sp³-hybridized carbons (Fsp3) is 0.625. The number of nitro groups is 1. The van der Waals surface area contributed by atoms with Gasteiger partial charge in [0.15, 0.2) is 0 Å². The van der Waals surface area contributed by atoms with Gasteiger partial charge in [-0.25, -0.2) is 0 Å². The Morgan fingerprint density at radius 3 is 2.62 bits per heavy atom. The van der Waals surface area contributed by atoms with Crippen LogP contribution in [0.3, 0.4) is 0 Å². The van der Waals surface area contributed by atoms with E-state index in [1.807, 2.05) is 0 Å². The Kier molecular flexibility index (Phi) is 5.22. The molecule has 0 saturated heterocycles. The van der Waals surface area contributed by atoms with Crippen LogP contribution in [0.1, 0.15) is 44.6 Å². The van der Waals surface area contributed by atoms with Crippen LogP contribution in [0.4, 0.5) is 5.69 Å². The van der Waals surface area contributed by atoms with E-state index in [0.717, 1.165) is 24.3 Å². The zero-order valence-corrected chi connectivity index (χ0v) is 13.2. The van der Waals surface area contributed by atoms with Crippen molar-refractivity contribution in [2.45, 2.75) is 45.4 Å². The monoisotopic (exact) mass is 310 g/mol. The second kappa shape index (κ2) is 6.75. The fourth-order valence-electron chi connectivity index (χ4n) is 3.41. The molecule has 0 radical (unpaired) electrons. The Morgan fingerprint density at radius 1 is 1.43 bits per heavy atom. The van der Waals surface area contributed by atoms with Crippen LogP contribution in [0.2, 0.25) is 5.02 Å². The Morgan fingerprint density at radius 2 is 2.10 bits per heavy atom. The van der Waals surface area contributed by atoms with Crippen LogP contribution in [0.25, 0.3) is 0 Å². The Bertz CT molecular complexity index is 511. The number of rotatable bonds is 5. The molecule has 116 valence electrons. The predicted octanol–water partition coefficient (Wildman–Crippen LogP) is 4.34. The van der Waals surface area contributed by atoms with Gasteiger partial charge in [-0.2, -0.15) is 0 Å². The molecule has 1 fully saturated rings. The molecule has 0 heterocycles. The highest BCUT2D eigenvalue weighted by Gasteiger charge is 2.35. The van der Waals surface area contributed by atoms with Gasteiger partial charge in [-0.05, 0) is 56.0 Å². The minimum Gasteiger partial charge on any atom is -0.330 e. The summed E-state index contributed by atoms with van der Waals surface area (Å²) in [7, 11) is 0. The van der Waals surface area contributed by atoms with Gasteiger partial charge in [0.25, 0.3) is 5.69 Å². The van der Waals surface area contributed by atoms with E-state index in [2.05, 4.69) is 6.92 Å². The molecule has 5 heteroatoms. The second-order valence-electron chi connectivity index (χ2n) is 6.26. The summed E-state index contributed by atoms with van der Waals surface area (Å²) in [4.78, 5) is 10.9. The van der Waals surface area contributed by atoms with Crippen LogP contribution < -0.4 is 5.73 Å². The van der Waals surface area contributed by atoms with Crippen LogP contribution in [-0.4, -0.2) is 11.5 Å². The van der Waals surface area contributed by atoms with Crippen molar-refractivity contribution in [2.24, 2.45) is 17.1 Å². The lowest BCUT2D eigenvalue weighted by molar-refractivity contribution is -0.385. The first-order valence-electron chi connectivity index (χ1n) is 7.62. The average molecular weight is 311 g/mol. The van der Waals surface area contributed by atoms with E-state index in [1.165, 1.54) is 25.3 Å². The highest BCUT2D eigenvalue weighted by Crippen LogP contribution is 2.43. The van der Waals surface area contributed by atoms with E-state index in [-0.39, 0.29) is 16.0 Å². The highest BCUT2D eigenvalue weighted by molar-refractivity contribution is 6.30. The lowest BCUT2D eigenvalue weighted by atomic mass is 9.67. The van der Waals surface area contributed by atoms with Gasteiger partial charge < -0.3 is 5.73 Å². The van der Waals surface area contributed by atoms with E-state index in [1.54, 1.807) is 12.1 Å². The molecular formula is C16H23ClN2O2. The van der Waals surface area contributed by atoms with E-state index in [0.29, 0.717) is 18.0 Å². The molecule has 0 aromatic heterocycles. The predicted molar refractivity (Wildman–Crippen MR) is 85.5 cm³/mol. The molecule has 4 nitrogen and oxygen atoms in total. The van der Waals surface area contributed by atoms with Crippen molar-refractivity contribution >= 4 is 17.3 Å². The van der Waals surface area contributed by atoms with Crippen molar-refractivity contribution in [3.8, 4) is 0 Å². The lowest BCUT2D eigenvalue weighted by Crippen LogP contribution is -2.37. The molecule has 1 aromatic rings. The van der Waals surface area contributed by atoms with Crippen LogP contribution >= 0.6 is 11.6 Å².